The summed E-state index contributed by atoms with van der Waals surface area (Å²) in [7, 11) is 0. The number of benzene rings is 3. The van der Waals surface area contributed by atoms with Crippen molar-refractivity contribution in [3.63, 3.8) is 0 Å². The topological polar surface area (TPSA) is 44.3 Å². The lowest BCUT2D eigenvalue weighted by Gasteiger charge is -2.32. The number of para-hydroxylation sites is 2. The summed E-state index contributed by atoms with van der Waals surface area (Å²) in [6.45, 7) is 13.5. The van der Waals surface area contributed by atoms with Crippen LogP contribution in [0.1, 0.15) is 69.9 Å². The Bertz CT molecular complexity index is 1540. The fourth-order valence-electron chi connectivity index (χ4n) is 5.71. The number of furan rings is 1. The van der Waals surface area contributed by atoms with Gasteiger partial charge in [-0.15, -0.1) is 0 Å². The van der Waals surface area contributed by atoms with Crippen molar-refractivity contribution in [1.82, 2.24) is 0 Å². The maximum absolute atomic E-state index is 6.18. The molecule has 2 aliphatic heterocycles. The molecule has 0 saturated carbocycles. The number of hydrogen-bond acceptors (Lipinski definition) is 5. The van der Waals surface area contributed by atoms with E-state index in [9.17, 15) is 0 Å². The van der Waals surface area contributed by atoms with E-state index in [0.717, 1.165) is 28.0 Å². The first-order valence-electron chi connectivity index (χ1n) is 13.1. The van der Waals surface area contributed by atoms with Crippen LogP contribution in [0.15, 0.2) is 87.4 Å². The highest BCUT2D eigenvalue weighted by Gasteiger charge is 2.43. The molecule has 1 aromatic heterocycles. The zero-order valence-electron chi connectivity index (χ0n) is 22.4. The molecular weight excluding hydrogens is 456 g/mol. The summed E-state index contributed by atoms with van der Waals surface area (Å²) in [5.74, 6) is 1.13. The number of nitrogens with zero attached hydrogens (tertiary/aromatic N) is 4. The van der Waals surface area contributed by atoms with Crippen molar-refractivity contribution in [2.45, 2.75) is 64.5 Å². The molecule has 2 unspecified atom stereocenters. The summed E-state index contributed by atoms with van der Waals surface area (Å²) in [6, 6.07) is 25.6. The zero-order chi connectivity index (χ0) is 25.9. The summed E-state index contributed by atoms with van der Waals surface area (Å²) < 4.78 is 6.18. The van der Waals surface area contributed by atoms with Gasteiger partial charge in [0, 0.05) is 16.7 Å². The Labute approximate surface area is 219 Å². The van der Waals surface area contributed by atoms with Crippen LogP contribution >= 0.6 is 0 Å². The van der Waals surface area contributed by atoms with E-state index in [0.29, 0.717) is 5.92 Å². The Hall–Kier alpha value is -3.86. The molecule has 0 N–H and O–H groups in total. The predicted octanol–water partition coefficient (Wildman–Crippen LogP) is 7.69. The van der Waals surface area contributed by atoms with Crippen LogP contribution in [0, 0.1) is 0 Å². The SMILES string of the molecule is CC1N(N=Cc2cc3ccc(C=NN4c5ccccc5C(C)C4(C)C)cc3o2)c2ccccc2C1(C)C. The summed E-state index contributed by atoms with van der Waals surface area (Å²) in [4.78, 5) is 0. The minimum atomic E-state index is -0.0987. The van der Waals surface area contributed by atoms with Gasteiger partial charge in [0.25, 0.3) is 0 Å². The molecule has 37 heavy (non-hydrogen) atoms. The Morgan fingerprint density at radius 1 is 0.811 bits per heavy atom. The molecular formula is C32H34N4O. The molecule has 5 nitrogen and oxygen atoms in total. The van der Waals surface area contributed by atoms with Gasteiger partial charge in [-0.05, 0) is 61.7 Å². The second kappa shape index (κ2) is 8.34. The highest BCUT2D eigenvalue weighted by Crippen LogP contribution is 2.47. The molecule has 0 fully saturated rings. The first-order valence-corrected chi connectivity index (χ1v) is 13.1. The van der Waals surface area contributed by atoms with Crippen LogP contribution in [0.3, 0.4) is 0 Å². The van der Waals surface area contributed by atoms with Gasteiger partial charge >= 0.3 is 0 Å². The molecule has 3 heterocycles. The third-order valence-corrected chi connectivity index (χ3v) is 8.69. The second-order valence-corrected chi connectivity index (χ2v) is 11.4. The minimum Gasteiger partial charge on any atom is -0.455 e. The molecule has 0 amide bonds. The molecule has 3 aromatic carbocycles. The van der Waals surface area contributed by atoms with Crippen molar-refractivity contribution in [1.29, 1.82) is 0 Å². The summed E-state index contributed by atoms with van der Waals surface area (Å²) in [5, 5.41) is 15.1. The monoisotopic (exact) mass is 490 g/mol. The van der Waals surface area contributed by atoms with Crippen molar-refractivity contribution in [2.75, 3.05) is 10.0 Å². The quantitative estimate of drug-likeness (QED) is 0.275. The van der Waals surface area contributed by atoms with Gasteiger partial charge in [0.15, 0.2) is 0 Å². The van der Waals surface area contributed by atoms with Crippen molar-refractivity contribution >= 4 is 34.8 Å². The van der Waals surface area contributed by atoms with Gasteiger partial charge in [-0.3, -0.25) is 10.0 Å². The third-order valence-electron chi connectivity index (χ3n) is 8.69. The Morgan fingerprint density at radius 2 is 1.54 bits per heavy atom. The number of fused-ring (bicyclic) bond motifs is 3. The normalized spacial score (nSPS) is 21.9. The van der Waals surface area contributed by atoms with E-state index < -0.39 is 0 Å². The van der Waals surface area contributed by atoms with Gasteiger partial charge in [0.1, 0.15) is 11.3 Å². The molecule has 2 aliphatic rings. The van der Waals surface area contributed by atoms with Gasteiger partial charge in [-0.25, -0.2) is 0 Å². The van der Waals surface area contributed by atoms with Crippen molar-refractivity contribution < 1.29 is 4.42 Å². The molecule has 4 aromatic rings. The van der Waals surface area contributed by atoms with Gasteiger partial charge in [0.2, 0.25) is 0 Å². The molecule has 5 heteroatoms. The first kappa shape index (κ1) is 23.5. The van der Waals surface area contributed by atoms with Crippen LogP contribution in [0.25, 0.3) is 11.0 Å². The Kier molecular flexibility index (Phi) is 5.30. The van der Waals surface area contributed by atoms with E-state index in [-0.39, 0.29) is 17.0 Å². The van der Waals surface area contributed by atoms with Gasteiger partial charge in [-0.2, -0.15) is 10.2 Å². The first-order chi connectivity index (χ1) is 17.7. The van der Waals surface area contributed by atoms with Crippen LogP contribution in [-0.4, -0.2) is 24.0 Å². The van der Waals surface area contributed by atoms with Crippen LogP contribution in [-0.2, 0) is 5.41 Å². The summed E-state index contributed by atoms with van der Waals surface area (Å²) in [5.41, 5.74) is 6.76. The summed E-state index contributed by atoms with van der Waals surface area (Å²) in [6.07, 6.45) is 3.75. The van der Waals surface area contributed by atoms with Gasteiger partial charge in [0.05, 0.1) is 35.4 Å². The average molecular weight is 491 g/mol. The number of anilines is 2. The molecule has 0 spiro atoms. The fraction of sp³-hybridized carbons (Fsp3) is 0.312. The van der Waals surface area contributed by atoms with Crippen molar-refractivity contribution in [3.8, 4) is 0 Å². The standard InChI is InChI=1S/C32H34N4O/c1-21-26-11-7-9-13-28(26)36(32(21,5)6)34-19-23-15-16-24-18-25(37-30(24)17-23)20-33-35-22(2)31(3,4)27-12-8-10-14-29(27)35/h7-22H,1-6H3. The smallest absolute Gasteiger partial charge is 0.148 e. The van der Waals surface area contributed by atoms with E-state index in [1.165, 1.54) is 16.8 Å². The minimum absolute atomic E-state index is 0.0261. The fourth-order valence-corrected chi connectivity index (χ4v) is 5.71. The predicted molar refractivity (Wildman–Crippen MR) is 154 cm³/mol. The molecule has 0 saturated heterocycles. The molecule has 0 bridgehead atoms. The highest BCUT2D eigenvalue weighted by atomic mass is 16.3. The van der Waals surface area contributed by atoms with Gasteiger partial charge in [-0.1, -0.05) is 69.3 Å². The highest BCUT2D eigenvalue weighted by molar-refractivity contribution is 5.92. The molecule has 0 aliphatic carbocycles. The van der Waals surface area contributed by atoms with E-state index >= 15 is 0 Å². The maximum atomic E-state index is 6.18. The van der Waals surface area contributed by atoms with Crippen LogP contribution < -0.4 is 10.0 Å². The maximum Gasteiger partial charge on any atom is 0.148 e. The second-order valence-electron chi connectivity index (χ2n) is 11.4. The molecule has 188 valence electrons. The van der Waals surface area contributed by atoms with Crippen molar-refractivity contribution in [3.05, 3.63) is 95.2 Å². The summed E-state index contributed by atoms with van der Waals surface area (Å²) >= 11 is 0. The van der Waals surface area contributed by atoms with E-state index in [1.54, 1.807) is 0 Å². The third kappa shape index (κ3) is 3.67. The number of rotatable bonds is 4. The number of hydrazone groups is 2. The zero-order valence-corrected chi connectivity index (χ0v) is 22.4. The molecule has 6 rings (SSSR count). The lowest BCUT2D eigenvalue weighted by Crippen LogP contribution is -2.39. The molecule has 0 radical (unpaired) electrons. The van der Waals surface area contributed by atoms with Gasteiger partial charge < -0.3 is 4.42 Å². The Balaban J connectivity index is 1.26. The average Bonchev–Trinajstić information content (AvgIpc) is 3.44. The van der Waals surface area contributed by atoms with Crippen LogP contribution in [0.2, 0.25) is 0 Å². The number of hydrogen-bond donors (Lipinski definition) is 0. The van der Waals surface area contributed by atoms with Crippen LogP contribution in [0.5, 0.6) is 0 Å². The van der Waals surface area contributed by atoms with E-state index in [4.69, 9.17) is 14.6 Å². The van der Waals surface area contributed by atoms with E-state index in [2.05, 4.69) is 112 Å². The Morgan fingerprint density at radius 3 is 2.35 bits per heavy atom. The van der Waals surface area contributed by atoms with E-state index in [1.807, 2.05) is 24.6 Å². The largest absolute Gasteiger partial charge is 0.455 e. The van der Waals surface area contributed by atoms with Crippen LogP contribution in [0.4, 0.5) is 11.4 Å². The lowest BCUT2D eigenvalue weighted by atomic mass is 9.81. The van der Waals surface area contributed by atoms with Crippen molar-refractivity contribution in [2.24, 2.45) is 10.2 Å². The molecule has 2 atom stereocenters. The lowest BCUT2D eigenvalue weighted by molar-refractivity contribution is 0.431.